The van der Waals surface area contributed by atoms with Crippen LogP contribution >= 0.6 is 0 Å². The molecule has 1 saturated heterocycles. The Morgan fingerprint density at radius 2 is 2.17 bits per heavy atom. The quantitative estimate of drug-likeness (QED) is 0.888. The minimum Gasteiger partial charge on any atom is -0.393 e. The molecule has 1 fully saturated rings. The number of aliphatic hydroxyl groups excluding tert-OH is 1. The highest BCUT2D eigenvalue weighted by molar-refractivity contribution is 5.92. The first-order chi connectivity index (χ1) is 8.63. The maximum absolute atomic E-state index is 12.4. The van der Waals surface area contributed by atoms with Crippen LogP contribution in [0.15, 0.2) is 18.3 Å². The normalized spacial score (nSPS) is 18.9. The van der Waals surface area contributed by atoms with Crippen LogP contribution < -0.4 is 0 Å². The summed E-state index contributed by atoms with van der Waals surface area (Å²) in [6.07, 6.45) is 3.48. The lowest BCUT2D eigenvalue weighted by molar-refractivity contribution is 0.0513. The third-order valence-corrected chi connectivity index (χ3v) is 3.90. The van der Waals surface area contributed by atoms with Crippen molar-refractivity contribution in [1.29, 1.82) is 0 Å². The number of amides is 1. The van der Waals surface area contributed by atoms with Crippen LogP contribution in [0.3, 0.4) is 0 Å². The van der Waals surface area contributed by atoms with E-state index in [0.717, 1.165) is 38.2 Å². The van der Waals surface area contributed by atoms with E-state index in [9.17, 15) is 9.90 Å². The Balaban J connectivity index is 2.00. The number of hydrogen-bond donors (Lipinski definition) is 1. The van der Waals surface area contributed by atoms with Crippen molar-refractivity contribution in [3.05, 3.63) is 24.0 Å². The molecule has 0 spiro atoms. The lowest BCUT2D eigenvalue weighted by Gasteiger charge is -2.33. The number of nitrogens with zero attached hydrogens (tertiary/aromatic N) is 2. The minimum absolute atomic E-state index is 0.117. The van der Waals surface area contributed by atoms with E-state index in [0.29, 0.717) is 5.92 Å². The zero-order valence-electron chi connectivity index (χ0n) is 11.2. The Morgan fingerprint density at radius 3 is 2.72 bits per heavy atom. The molecule has 1 aromatic rings. The number of rotatable bonds is 3. The second kappa shape index (κ2) is 5.57. The molecule has 100 valence electrons. The van der Waals surface area contributed by atoms with Crippen LogP contribution in [0.5, 0.6) is 0 Å². The third kappa shape index (κ3) is 2.58. The number of aliphatic hydroxyl groups is 1. The summed E-state index contributed by atoms with van der Waals surface area (Å²) in [6, 6.07) is 3.80. The maximum Gasteiger partial charge on any atom is 0.270 e. The Hall–Kier alpha value is -1.29. The molecule has 2 heterocycles. The lowest BCUT2D eigenvalue weighted by Crippen LogP contribution is -2.41. The van der Waals surface area contributed by atoms with Crippen molar-refractivity contribution in [3.63, 3.8) is 0 Å². The highest BCUT2D eigenvalue weighted by Gasteiger charge is 2.26. The summed E-state index contributed by atoms with van der Waals surface area (Å²) in [4.78, 5) is 14.3. The van der Waals surface area contributed by atoms with Crippen LogP contribution in [0.2, 0.25) is 0 Å². The fourth-order valence-electron chi connectivity index (χ4n) is 2.63. The number of piperidine rings is 1. The van der Waals surface area contributed by atoms with Crippen LogP contribution in [0, 0.1) is 5.92 Å². The van der Waals surface area contributed by atoms with E-state index < -0.39 is 0 Å². The number of hydrogen-bond acceptors (Lipinski definition) is 2. The van der Waals surface area contributed by atoms with Gasteiger partial charge in [0.1, 0.15) is 5.69 Å². The summed E-state index contributed by atoms with van der Waals surface area (Å²) in [7, 11) is 0. The average molecular weight is 250 g/mol. The van der Waals surface area contributed by atoms with Crippen LogP contribution in [0.4, 0.5) is 0 Å². The molecule has 0 bridgehead atoms. The zero-order chi connectivity index (χ0) is 13.1. The van der Waals surface area contributed by atoms with Crippen molar-refractivity contribution in [2.24, 2.45) is 5.92 Å². The van der Waals surface area contributed by atoms with Gasteiger partial charge in [0.05, 0.1) is 6.10 Å². The van der Waals surface area contributed by atoms with E-state index in [1.54, 1.807) is 0 Å². The molecular weight excluding hydrogens is 228 g/mol. The first kappa shape index (κ1) is 13.1. The van der Waals surface area contributed by atoms with E-state index in [-0.39, 0.29) is 12.0 Å². The van der Waals surface area contributed by atoms with Crippen molar-refractivity contribution >= 4 is 5.91 Å². The Labute approximate surface area is 108 Å². The molecular formula is C14H22N2O2. The minimum atomic E-state index is -0.262. The Kier molecular flexibility index (Phi) is 4.07. The molecule has 1 aliphatic heterocycles. The molecule has 4 heteroatoms. The molecule has 0 aromatic carbocycles. The van der Waals surface area contributed by atoms with E-state index >= 15 is 0 Å². The van der Waals surface area contributed by atoms with Gasteiger partial charge in [-0.05, 0) is 44.7 Å². The van der Waals surface area contributed by atoms with Gasteiger partial charge in [-0.2, -0.15) is 0 Å². The predicted octanol–water partition coefficient (Wildman–Crippen LogP) is 1.74. The molecule has 0 aliphatic carbocycles. The number of aromatic nitrogens is 1. The van der Waals surface area contributed by atoms with Gasteiger partial charge in [-0.25, -0.2) is 0 Å². The van der Waals surface area contributed by atoms with Crippen LogP contribution in [0.1, 0.15) is 37.2 Å². The van der Waals surface area contributed by atoms with E-state index in [4.69, 9.17) is 0 Å². The maximum atomic E-state index is 12.4. The van der Waals surface area contributed by atoms with E-state index in [2.05, 4.69) is 0 Å². The van der Waals surface area contributed by atoms with Gasteiger partial charge in [-0.15, -0.1) is 0 Å². The van der Waals surface area contributed by atoms with Gasteiger partial charge in [0.25, 0.3) is 5.91 Å². The Bertz CT molecular complexity index is 404. The van der Waals surface area contributed by atoms with Gasteiger partial charge in [-0.3, -0.25) is 4.79 Å². The third-order valence-electron chi connectivity index (χ3n) is 3.90. The van der Waals surface area contributed by atoms with Gasteiger partial charge in [0.2, 0.25) is 0 Å². The fourth-order valence-corrected chi connectivity index (χ4v) is 2.63. The number of carbonyl (C=O) groups is 1. The van der Waals surface area contributed by atoms with E-state index in [1.807, 2.05) is 41.6 Å². The van der Waals surface area contributed by atoms with E-state index in [1.165, 1.54) is 0 Å². The highest BCUT2D eigenvalue weighted by atomic mass is 16.3. The van der Waals surface area contributed by atoms with Crippen LogP contribution in [-0.2, 0) is 6.54 Å². The second-order valence-electron chi connectivity index (χ2n) is 5.05. The standard InChI is InChI=1S/C14H22N2O2/c1-3-15-8-4-5-13(15)14(18)16-9-6-12(7-10-16)11(2)17/h4-5,8,11-12,17H,3,6-7,9-10H2,1-2H3. The molecule has 2 rings (SSSR count). The summed E-state index contributed by atoms with van der Waals surface area (Å²) < 4.78 is 1.98. The SMILES string of the molecule is CCn1cccc1C(=O)N1CCC(C(C)O)CC1. The highest BCUT2D eigenvalue weighted by Crippen LogP contribution is 2.22. The van der Waals surface area contributed by atoms with Gasteiger partial charge in [-0.1, -0.05) is 0 Å². The number of aryl methyl sites for hydroxylation is 1. The van der Waals surface area contributed by atoms with Crippen molar-refractivity contribution in [2.45, 2.75) is 39.3 Å². The van der Waals surface area contributed by atoms with Crippen LogP contribution in [0.25, 0.3) is 0 Å². The average Bonchev–Trinajstić information content (AvgIpc) is 2.86. The van der Waals surface area contributed by atoms with Crippen molar-refractivity contribution < 1.29 is 9.90 Å². The molecule has 18 heavy (non-hydrogen) atoms. The topological polar surface area (TPSA) is 45.5 Å². The number of likely N-dealkylation sites (tertiary alicyclic amines) is 1. The van der Waals surface area contributed by atoms with Gasteiger partial charge in [0, 0.05) is 25.8 Å². The first-order valence-corrected chi connectivity index (χ1v) is 6.76. The summed E-state index contributed by atoms with van der Waals surface area (Å²) in [6.45, 7) is 6.20. The summed E-state index contributed by atoms with van der Waals surface area (Å²) >= 11 is 0. The molecule has 1 atom stereocenters. The molecule has 0 radical (unpaired) electrons. The molecule has 4 nitrogen and oxygen atoms in total. The second-order valence-corrected chi connectivity index (χ2v) is 5.05. The molecule has 1 aliphatic rings. The largest absolute Gasteiger partial charge is 0.393 e. The molecule has 0 saturated carbocycles. The molecule has 1 unspecified atom stereocenters. The first-order valence-electron chi connectivity index (χ1n) is 6.76. The molecule has 1 N–H and O–H groups in total. The summed E-state index contributed by atoms with van der Waals surface area (Å²) in [5, 5.41) is 9.56. The summed E-state index contributed by atoms with van der Waals surface area (Å²) in [5.41, 5.74) is 0.771. The smallest absolute Gasteiger partial charge is 0.270 e. The Morgan fingerprint density at radius 1 is 1.50 bits per heavy atom. The monoisotopic (exact) mass is 250 g/mol. The van der Waals surface area contributed by atoms with Crippen molar-refractivity contribution in [2.75, 3.05) is 13.1 Å². The molecule has 1 amide bonds. The summed E-state index contributed by atoms with van der Waals surface area (Å²) in [5.74, 6) is 0.456. The van der Waals surface area contributed by atoms with Gasteiger partial charge < -0.3 is 14.6 Å². The van der Waals surface area contributed by atoms with Gasteiger partial charge in [0.15, 0.2) is 0 Å². The fraction of sp³-hybridized carbons (Fsp3) is 0.643. The van der Waals surface area contributed by atoms with Crippen molar-refractivity contribution in [1.82, 2.24) is 9.47 Å². The zero-order valence-corrected chi connectivity index (χ0v) is 11.2. The molecule has 1 aromatic heterocycles. The predicted molar refractivity (Wildman–Crippen MR) is 70.4 cm³/mol. The number of carbonyl (C=O) groups excluding carboxylic acids is 1. The van der Waals surface area contributed by atoms with Crippen molar-refractivity contribution in [3.8, 4) is 0 Å². The van der Waals surface area contributed by atoms with Gasteiger partial charge >= 0.3 is 0 Å². The van der Waals surface area contributed by atoms with Crippen LogP contribution in [-0.4, -0.2) is 39.7 Å². The lowest BCUT2D eigenvalue weighted by atomic mass is 9.92.